The van der Waals surface area contributed by atoms with E-state index in [4.69, 9.17) is 9.97 Å². The molecule has 0 radical (unpaired) electrons. The van der Waals surface area contributed by atoms with Gasteiger partial charge < -0.3 is 4.57 Å². The zero-order chi connectivity index (χ0) is 41.9. The lowest BCUT2D eigenvalue weighted by Crippen LogP contribution is -2.28. The van der Waals surface area contributed by atoms with Gasteiger partial charge in [0, 0.05) is 32.6 Å². The van der Waals surface area contributed by atoms with Crippen LogP contribution < -0.4 is 4.90 Å². The summed E-state index contributed by atoms with van der Waals surface area (Å²) < 4.78 is 16.5. The first kappa shape index (κ1) is 36.9. The van der Waals surface area contributed by atoms with Crippen molar-refractivity contribution in [3.8, 4) is 38.6 Å². The zero-order valence-electron chi connectivity index (χ0n) is 33.9. The van der Waals surface area contributed by atoms with Crippen molar-refractivity contribution in [1.82, 2.24) is 14.5 Å². The molecule has 0 bridgehead atoms. The third-order valence-corrected chi connectivity index (χ3v) is 13.6. The lowest BCUT2D eigenvalue weighted by atomic mass is 9.67. The molecule has 1 aliphatic rings. The van der Waals surface area contributed by atoms with E-state index in [-0.39, 0.29) is 5.82 Å². The predicted octanol–water partition coefficient (Wildman–Crippen LogP) is 14.9. The summed E-state index contributed by atoms with van der Waals surface area (Å²) in [6.07, 6.45) is 3.71. The predicted molar refractivity (Wildman–Crippen MR) is 257 cm³/mol. The van der Waals surface area contributed by atoms with E-state index < -0.39 is 5.41 Å². The Morgan fingerprint density at radius 2 is 1.11 bits per heavy atom. The van der Waals surface area contributed by atoms with Gasteiger partial charge in [-0.3, -0.25) is 4.90 Å². The van der Waals surface area contributed by atoms with Crippen LogP contribution in [0.15, 0.2) is 225 Å². The number of hydrogen-bond donors (Lipinski definition) is 0. The van der Waals surface area contributed by atoms with Crippen molar-refractivity contribution in [3.05, 3.63) is 253 Å². The Balaban J connectivity index is 0.969. The maximum atomic E-state index is 14.1. The first-order chi connectivity index (χ1) is 31.1. The van der Waals surface area contributed by atoms with Crippen LogP contribution in [0.2, 0.25) is 0 Å². The molecule has 0 unspecified atom stereocenters. The van der Waals surface area contributed by atoms with Gasteiger partial charge in [-0.25, -0.2) is 14.4 Å². The second kappa shape index (κ2) is 14.9. The van der Waals surface area contributed by atoms with Crippen LogP contribution in [-0.4, -0.2) is 14.5 Å². The molecule has 8 aromatic carbocycles. The molecule has 0 spiro atoms. The fourth-order valence-electron chi connectivity index (χ4n) is 9.75. The van der Waals surface area contributed by atoms with E-state index in [1.807, 2.05) is 30.6 Å². The quantitative estimate of drug-likeness (QED) is 0.153. The lowest BCUT2D eigenvalue weighted by Gasteiger charge is -2.34. The van der Waals surface area contributed by atoms with Gasteiger partial charge in [-0.2, -0.15) is 0 Å². The minimum atomic E-state index is -0.500. The zero-order valence-corrected chi connectivity index (χ0v) is 34.8. The van der Waals surface area contributed by atoms with Gasteiger partial charge in [0.15, 0.2) is 5.82 Å². The Morgan fingerprint density at radius 3 is 1.86 bits per heavy atom. The average Bonchev–Trinajstić information content (AvgIpc) is 4.05. The highest BCUT2D eigenvalue weighted by molar-refractivity contribution is 7.19. The number of hydrogen-bond acceptors (Lipinski definition) is 4. The molecule has 11 aromatic rings. The van der Waals surface area contributed by atoms with E-state index in [1.54, 1.807) is 23.5 Å². The first-order valence-electron chi connectivity index (χ1n) is 21.1. The van der Waals surface area contributed by atoms with Gasteiger partial charge in [-0.15, -0.1) is 11.3 Å². The molecule has 0 fully saturated rings. The van der Waals surface area contributed by atoms with Crippen molar-refractivity contribution in [2.45, 2.75) is 5.41 Å². The van der Waals surface area contributed by atoms with E-state index in [0.29, 0.717) is 5.82 Å². The summed E-state index contributed by atoms with van der Waals surface area (Å²) in [5, 5.41) is 3.25. The molecule has 4 nitrogen and oxygen atoms in total. The van der Waals surface area contributed by atoms with Crippen molar-refractivity contribution in [1.29, 1.82) is 0 Å². The maximum absolute atomic E-state index is 14.1. The van der Waals surface area contributed by atoms with Gasteiger partial charge in [0.05, 0.1) is 34.5 Å². The minimum Gasteiger partial charge on any atom is -0.309 e. The SMILES string of the molecule is Fc1ccc(N(c2cnc(-c3ccc4c(c3)c3ccccc3n4-c3ccc4c(c3)C(c3ccccc3)(c3ccccc3)c3ccccc3-4)nc2)c2ccc(-c3ccccc3)s2)cc1. The van der Waals surface area contributed by atoms with Gasteiger partial charge in [-0.1, -0.05) is 140 Å². The van der Waals surface area contributed by atoms with Crippen LogP contribution in [0.25, 0.3) is 60.4 Å². The van der Waals surface area contributed by atoms with Crippen molar-refractivity contribution < 1.29 is 4.39 Å². The number of rotatable bonds is 8. The fraction of sp³-hybridized carbons (Fsp3) is 0.0175. The molecule has 0 N–H and O–H groups in total. The van der Waals surface area contributed by atoms with E-state index >= 15 is 0 Å². The molecule has 0 saturated heterocycles. The second-order valence-electron chi connectivity index (χ2n) is 15.9. The molecule has 12 rings (SSSR count). The number of nitrogens with zero attached hydrogens (tertiary/aromatic N) is 4. The lowest BCUT2D eigenvalue weighted by molar-refractivity contribution is 0.628. The summed E-state index contributed by atoms with van der Waals surface area (Å²) in [5.74, 6) is 0.339. The largest absolute Gasteiger partial charge is 0.309 e. The van der Waals surface area contributed by atoms with E-state index in [0.717, 1.165) is 59.9 Å². The molecular weight excluding hydrogens is 792 g/mol. The Bertz CT molecular complexity index is 3410. The molecule has 6 heteroatoms. The number of benzene rings is 8. The molecule has 3 aromatic heterocycles. The van der Waals surface area contributed by atoms with Crippen molar-refractivity contribution >= 4 is 49.5 Å². The molecule has 0 amide bonds. The van der Waals surface area contributed by atoms with Crippen LogP contribution in [0.1, 0.15) is 22.3 Å². The Labute approximate surface area is 368 Å². The summed E-state index contributed by atoms with van der Waals surface area (Å²) in [6.45, 7) is 0. The van der Waals surface area contributed by atoms with Gasteiger partial charge >= 0.3 is 0 Å². The molecule has 298 valence electrons. The minimum absolute atomic E-state index is 0.285. The smallest absolute Gasteiger partial charge is 0.159 e. The highest BCUT2D eigenvalue weighted by Crippen LogP contribution is 2.56. The fourth-order valence-corrected chi connectivity index (χ4v) is 10.8. The second-order valence-corrected chi connectivity index (χ2v) is 17.0. The Kier molecular flexibility index (Phi) is 8.73. The van der Waals surface area contributed by atoms with Crippen LogP contribution in [-0.2, 0) is 5.41 Å². The standard InChI is InChI=1S/C57H37FN4S/c58-42-25-27-43(28-26-42)61(55-33-32-54(63-55)38-14-4-1-5-15-38)45-36-59-56(60-37-45)39-24-31-53-49(34-39)48-21-11-13-23-52(48)62(53)44-29-30-47-46-20-10-12-22-50(46)57(51(47)35-44,40-16-6-2-7-17-40)41-18-8-3-9-19-41/h1-37H. The molecule has 63 heavy (non-hydrogen) atoms. The topological polar surface area (TPSA) is 34.0 Å². The van der Waals surface area contributed by atoms with Crippen LogP contribution in [0, 0.1) is 5.82 Å². The summed E-state index contributed by atoms with van der Waals surface area (Å²) in [5.41, 5.74) is 14.1. The molecule has 1 aliphatic carbocycles. The molecule has 0 aliphatic heterocycles. The van der Waals surface area contributed by atoms with Crippen LogP contribution in [0.4, 0.5) is 20.8 Å². The normalized spacial score (nSPS) is 12.7. The highest BCUT2D eigenvalue weighted by atomic mass is 32.1. The Hall–Kier alpha value is -7.93. The Morgan fingerprint density at radius 1 is 0.476 bits per heavy atom. The molecule has 3 heterocycles. The number of anilines is 3. The number of fused-ring (bicyclic) bond motifs is 6. The summed E-state index contributed by atoms with van der Waals surface area (Å²) >= 11 is 1.67. The van der Waals surface area contributed by atoms with Gasteiger partial charge in [-0.05, 0) is 112 Å². The van der Waals surface area contributed by atoms with Crippen LogP contribution in [0.5, 0.6) is 0 Å². The first-order valence-corrected chi connectivity index (χ1v) is 21.9. The molecule has 0 saturated carbocycles. The van der Waals surface area contributed by atoms with E-state index in [1.165, 1.54) is 45.5 Å². The average molecular weight is 829 g/mol. The number of thiophene rings is 1. The summed E-state index contributed by atoms with van der Waals surface area (Å²) in [6, 6.07) is 74.0. The summed E-state index contributed by atoms with van der Waals surface area (Å²) in [7, 11) is 0. The van der Waals surface area contributed by atoms with E-state index in [2.05, 4.69) is 179 Å². The number of aromatic nitrogens is 3. The monoisotopic (exact) mass is 828 g/mol. The van der Waals surface area contributed by atoms with Gasteiger partial charge in [0.1, 0.15) is 10.8 Å². The van der Waals surface area contributed by atoms with E-state index in [9.17, 15) is 4.39 Å². The summed E-state index contributed by atoms with van der Waals surface area (Å²) in [4.78, 5) is 13.1. The molecule has 0 atom stereocenters. The number of halogens is 1. The third-order valence-electron chi connectivity index (χ3n) is 12.5. The van der Waals surface area contributed by atoms with Crippen LogP contribution >= 0.6 is 11.3 Å². The maximum Gasteiger partial charge on any atom is 0.159 e. The molecular formula is C57H37FN4S. The third kappa shape index (κ3) is 5.94. The van der Waals surface area contributed by atoms with Crippen LogP contribution in [0.3, 0.4) is 0 Å². The van der Waals surface area contributed by atoms with Gasteiger partial charge in [0.25, 0.3) is 0 Å². The van der Waals surface area contributed by atoms with Crippen molar-refractivity contribution in [2.24, 2.45) is 0 Å². The van der Waals surface area contributed by atoms with Crippen molar-refractivity contribution in [3.63, 3.8) is 0 Å². The van der Waals surface area contributed by atoms with Gasteiger partial charge in [0.2, 0.25) is 0 Å². The highest BCUT2D eigenvalue weighted by Gasteiger charge is 2.46. The van der Waals surface area contributed by atoms with Crippen molar-refractivity contribution in [2.75, 3.05) is 4.90 Å². The number of para-hydroxylation sites is 1.